The molecule has 3 heteroatoms. The fourth-order valence-corrected chi connectivity index (χ4v) is 2.15. The molecule has 0 amide bonds. The molecule has 0 N–H and O–H groups in total. The Hall–Kier alpha value is -1.04. The Morgan fingerprint density at radius 2 is 2.33 bits per heavy atom. The maximum atomic E-state index is 9.31. The van der Waals surface area contributed by atoms with E-state index in [9.17, 15) is 5.26 Å². The van der Waals surface area contributed by atoms with Crippen LogP contribution in [0, 0.1) is 11.3 Å². The average Bonchev–Trinajstić information content (AvgIpc) is 2.30. The van der Waals surface area contributed by atoms with Gasteiger partial charge in [-0.05, 0) is 30.5 Å². The summed E-state index contributed by atoms with van der Waals surface area (Å²) in [6, 6.07) is 9.89. The third-order valence-corrected chi connectivity index (χ3v) is 3.07. The highest BCUT2D eigenvalue weighted by molar-refractivity contribution is 6.30. The first-order valence-electron chi connectivity index (χ1n) is 5.02. The molecule has 0 aliphatic carbocycles. The normalized spacial score (nSPS) is 25.9. The minimum absolute atomic E-state index is 0.476. The molecule has 1 aromatic rings. The molecule has 78 valence electrons. The fraction of sp³-hybridized carbons (Fsp3) is 0.417. The minimum Gasteiger partial charge on any atom is -0.379 e. The van der Waals surface area contributed by atoms with Crippen LogP contribution in [0.3, 0.4) is 0 Å². The SMILES string of the molecule is N#C[C@@]1(c2cccc(Cl)c2)CCCOC1. The van der Waals surface area contributed by atoms with Gasteiger partial charge in [-0.1, -0.05) is 23.7 Å². The van der Waals surface area contributed by atoms with E-state index < -0.39 is 5.41 Å². The van der Waals surface area contributed by atoms with Gasteiger partial charge >= 0.3 is 0 Å². The van der Waals surface area contributed by atoms with Gasteiger partial charge in [0.2, 0.25) is 0 Å². The summed E-state index contributed by atoms with van der Waals surface area (Å²) >= 11 is 5.93. The molecule has 0 spiro atoms. The van der Waals surface area contributed by atoms with Gasteiger partial charge in [-0.25, -0.2) is 0 Å². The first kappa shape index (κ1) is 10.5. The molecule has 0 radical (unpaired) electrons. The molecule has 1 saturated heterocycles. The zero-order valence-electron chi connectivity index (χ0n) is 8.37. The minimum atomic E-state index is -0.497. The molecular formula is C12H12ClNO. The molecule has 0 aromatic heterocycles. The summed E-state index contributed by atoms with van der Waals surface area (Å²) < 4.78 is 5.41. The van der Waals surface area contributed by atoms with Crippen LogP contribution in [0.25, 0.3) is 0 Å². The van der Waals surface area contributed by atoms with Crippen LogP contribution in [0.1, 0.15) is 18.4 Å². The highest BCUT2D eigenvalue weighted by atomic mass is 35.5. The summed E-state index contributed by atoms with van der Waals surface area (Å²) in [7, 11) is 0. The molecule has 1 heterocycles. The molecular weight excluding hydrogens is 210 g/mol. The van der Waals surface area contributed by atoms with Crippen LogP contribution in [-0.4, -0.2) is 13.2 Å². The molecule has 1 atom stereocenters. The molecule has 0 bridgehead atoms. The lowest BCUT2D eigenvalue weighted by atomic mass is 9.77. The molecule has 1 fully saturated rings. The quantitative estimate of drug-likeness (QED) is 0.731. The van der Waals surface area contributed by atoms with E-state index in [1.807, 2.05) is 24.3 Å². The smallest absolute Gasteiger partial charge is 0.106 e. The van der Waals surface area contributed by atoms with Crippen molar-refractivity contribution < 1.29 is 4.74 Å². The summed E-state index contributed by atoms with van der Waals surface area (Å²) in [6.45, 7) is 1.23. The zero-order valence-corrected chi connectivity index (χ0v) is 9.13. The van der Waals surface area contributed by atoms with Gasteiger partial charge in [0.15, 0.2) is 0 Å². The van der Waals surface area contributed by atoms with Gasteiger partial charge in [0.05, 0.1) is 12.7 Å². The lowest BCUT2D eigenvalue weighted by Gasteiger charge is -2.31. The third kappa shape index (κ3) is 1.99. The van der Waals surface area contributed by atoms with Gasteiger partial charge in [-0.15, -0.1) is 0 Å². The second kappa shape index (κ2) is 4.22. The third-order valence-electron chi connectivity index (χ3n) is 2.83. The van der Waals surface area contributed by atoms with Gasteiger partial charge in [0.1, 0.15) is 5.41 Å². The van der Waals surface area contributed by atoms with Crippen LogP contribution in [0.5, 0.6) is 0 Å². The lowest BCUT2D eigenvalue weighted by Crippen LogP contribution is -2.34. The van der Waals surface area contributed by atoms with E-state index in [1.165, 1.54) is 0 Å². The molecule has 0 saturated carbocycles. The Bertz CT molecular complexity index is 391. The number of rotatable bonds is 1. The van der Waals surface area contributed by atoms with Crippen molar-refractivity contribution >= 4 is 11.6 Å². The van der Waals surface area contributed by atoms with Gasteiger partial charge in [0.25, 0.3) is 0 Å². The summed E-state index contributed by atoms with van der Waals surface area (Å²) in [5.74, 6) is 0. The summed E-state index contributed by atoms with van der Waals surface area (Å²) in [5.41, 5.74) is 0.473. The number of halogens is 1. The molecule has 0 unspecified atom stereocenters. The number of benzene rings is 1. The van der Waals surface area contributed by atoms with Crippen molar-refractivity contribution in [3.8, 4) is 6.07 Å². The maximum absolute atomic E-state index is 9.31. The van der Waals surface area contributed by atoms with Crippen LogP contribution in [0.15, 0.2) is 24.3 Å². The van der Waals surface area contributed by atoms with E-state index in [0.29, 0.717) is 11.6 Å². The predicted molar refractivity (Wildman–Crippen MR) is 58.8 cm³/mol. The van der Waals surface area contributed by atoms with Crippen molar-refractivity contribution in [1.29, 1.82) is 5.26 Å². The molecule has 2 nitrogen and oxygen atoms in total. The number of ether oxygens (including phenoxy) is 1. The Kier molecular flexibility index (Phi) is 2.95. The second-order valence-electron chi connectivity index (χ2n) is 3.86. The summed E-state index contributed by atoms with van der Waals surface area (Å²) in [6.07, 6.45) is 1.78. The number of nitriles is 1. The highest BCUT2D eigenvalue weighted by Gasteiger charge is 2.34. The van der Waals surface area contributed by atoms with Crippen LogP contribution in [-0.2, 0) is 10.2 Å². The van der Waals surface area contributed by atoms with E-state index in [4.69, 9.17) is 16.3 Å². The zero-order chi connectivity index (χ0) is 10.7. The van der Waals surface area contributed by atoms with E-state index >= 15 is 0 Å². The van der Waals surface area contributed by atoms with Gasteiger partial charge in [-0.2, -0.15) is 5.26 Å². The van der Waals surface area contributed by atoms with Crippen LogP contribution >= 0.6 is 11.6 Å². The average molecular weight is 222 g/mol. The molecule has 2 rings (SSSR count). The largest absolute Gasteiger partial charge is 0.379 e. The maximum Gasteiger partial charge on any atom is 0.106 e. The summed E-state index contributed by atoms with van der Waals surface area (Å²) in [4.78, 5) is 0. The standard InChI is InChI=1S/C12H12ClNO/c13-11-4-1-3-10(7-11)12(8-14)5-2-6-15-9-12/h1,3-4,7H,2,5-6,9H2/t12-/m0/s1. The number of hydrogen-bond acceptors (Lipinski definition) is 2. The fourth-order valence-electron chi connectivity index (χ4n) is 1.96. The van der Waals surface area contributed by atoms with Gasteiger partial charge in [-0.3, -0.25) is 0 Å². The van der Waals surface area contributed by atoms with Crippen molar-refractivity contribution in [3.63, 3.8) is 0 Å². The first-order valence-corrected chi connectivity index (χ1v) is 5.40. The monoisotopic (exact) mass is 221 g/mol. The number of nitrogens with zero attached hydrogens (tertiary/aromatic N) is 1. The van der Waals surface area contributed by atoms with Crippen molar-refractivity contribution in [1.82, 2.24) is 0 Å². The highest BCUT2D eigenvalue weighted by Crippen LogP contribution is 2.33. The van der Waals surface area contributed by atoms with Crippen molar-refractivity contribution in [3.05, 3.63) is 34.9 Å². The van der Waals surface area contributed by atoms with Crippen LogP contribution in [0.4, 0.5) is 0 Å². The van der Waals surface area contributed by atoms with E-state index in [2.05, 4.69) is 6.07 Å². The van der Waals surface area contributed by atoms with Crippen molar-refractivity contribution in [2.45, 2.75) is 18.3 Å². The second-order valence-corrected chi connectivity index (χ2v) is 4.30. The molecule has 1 aromatic carbocycles. The summed E-state index contributed by atoms with van der Waals surface area (Å²) in [5, 5.41) is 9.99. The topological polar surface area (TPSA) is 33.0 Å². The Morgan fingerprint density at radius 1 is 1.47 bits per heavy atom. The molecule has 1 aliphatic rings. The lowest BCUT2D eigenvalue weighted by molar-refractivity contribution is 0.0563. The van der Waals surface area contributed by atoms with E-state index in [-0.39, 0.29) is 0 Å². The van der Waals surface area contributed by atoms with Crippen LogP contribution in [0.2, 0.25) is 5.02 Å². The first-order chi connectivity index (χ1) is 7.27. The van der Waals surface area contributed by atoms with Crippen LogP contribution < -0.4 is 0 Å². The van der Waals surface area contributed by atoms with Crippen molar-refractivity contribution in [2.24, 2.45) is 0 Å². The van der Waals surface area contributed by atoms with Crippen molar-refractivity contribution in [2.75, 3.05) is 13.2 Å². The Labute approximate surface area is 94.4 Å². The molecule has 1 aliphatic heterocycles. The Morgan fingerprint density at radius 3 is 2.93 bits per heavy atom. The van der Waals surface area contributed by atoms with E-state index in [1.54, 1.807) is 0 Å². The Balaban J connectivity index is 2.37. The number of hydrogen-bond donors (Lipinski definition) is 0. The van der Waals surface area contributed by atoms with Gasteiger partial charge < -0.3 is 4.74 Å². The van der Waals surface area contributed by atoms with E-state index in [0.717, 1.165) is 25.0 Å². The van der Waals surface area contributed by atoms with Gasteiger partial charge in [0, 0.05) is 11.6 Å². The molecule has 15 heavy (non-hydrogen) atoms. The predicted octanol–water partition coefficient (Wildman–Crippen LogP) is 2.91.